The molecule has 0 aliphatic carbocycles. The number of imidazole rings is 1. The lowest BCUT2D eigenvalue weighted by Gasteiger charge is -2.26. The number of aryl methyl sites for hydroxylation is 1. The van der Waals surface area contributed by atoms with E-state index in [1.54, 1.807) is 73.2 Å². The van der Waals surface area contributed by atoms with Crippen LogP contribution in [0, 0.1) is 19.7 Å². The number of nitrogens with two attached hydrogens (primary N) is 2. The highest BCUT2D eigenvalue weighted by atomic mass is 35.5. The van der Waals surface area contributed by atoms with Gasteiger partial charge in [-0.3, -0.25) is 9.58 Å². The summed E-state index contributed by atoms with van der Waals surface area (Å²) in [5, 5.41) is 11.5. The van der Waals surface area contributed by atoms with Gasteiger partial charge in [-0.15, -0.1) is 11.8 Å². The fraction of sp³-hybridized carbons (Fsp3) is 0.179. The number of hydrazine groups is 1. The Bertz CT molecular complexity index is 1540. The molecule has 4 rings (SSSR count). The molecule has 0 saturated heterocycles. The summed E-state index contributed by atoms with van der Waals surface area (Å²) in [5.41, 5.74) is 9.26. The van der Waals surface area contributed by atoms with E-state index in [-0.39, 0.29) is 17.0 Å². The van der Waals surface area contributed by atoms with Gasteiger partial charge in [0.25, 0.3) is 6.43 Å². The van der Waals surface area contributed by atoms with E-state index in [4.69, 9.17) is 23.2 Å². The van der Waals surface area contributed by atoms with Crippen LogP contribution in [0.4, 0.5) is 18.9 Å². The Kier molecular flexibility index (Phi) is 8.60. The number of thioether (sulfide) groups is 1. The SMILES string of the molecule is CSc1cc(-c2ccc(-n3c(C)nc(C(F)F)c3C)c(N(N)/C(=C\N)c3ccc(Cl)cc3)c2)cc(F)c1CO. The molecule has 5 N–H and O–H groups in total. The van der Waals surface area contributed by atoms with Crippen LogP contribution in [-0.2, 0) is 6.61 Å². The molecule has 0 atom stereocenters. The van der Waals surface area contributed by atoms with Crippen LogP contribution in [0.3, 0.4) is 0 Å². The largest absolute Gasteiger partial charge is 0.403 e. The molecule has 3 aromatic carbocycles. The van der Waals surface area contributed by atoms with Gasteiger partial charge < -0.3 is 10.8 Å². The Morgan fingerprint density at radius 2 is 1.82 bits per heavy atom. The van der Waals surface area contributed by atoms with Gasteiger partial charge in [0.05, 0.1) is 23.7 Å². The zero-order valence-corrected chi connectivity index (χ0v) is 23.0. The summed E-state index contributed by atoms with van der Waals surface area (Å²) in [5.74, 6) is 6.47. The molecule has 0 bridgehead atoms. The van der Waals surface area contributed by atoms with Gasteiger partial charge in [0.15, 0.2) is 0 Å². The number of aliphatic hydroxyl groups is 1. The summed E-state index contributed by atoms with van der Waals surface area (Å²) in [4.78, 5) is 4.67. The maximum Gasteiger partial charge on any atom is 0.282 e. The minimum atomic E-state index is -2.76. The molecule has 4 aromatic rings. The van der Waals surface area contributed by atoms with Gasteiger partial charge in [-0.25, -0.2) is 24.0 Å². The van der Waals surface area contributed by atoms with E-state index in [1.807, 2.05) is 0 Å². The molecule has 0 unspecified atom stereocenters. The van der Waals surface area contributed by atoms with E-state index in [0.29, 0.717) is 49.5 Å². The molecule has 0 aliphatic rings. The molecule has 6 nitrogen and oxygen atoms in total. The maximum atomic E-state index is 14.9. The number of aromatic nitrogens is 2. The van der Waals surface area contributed by atoms with Crippen molar-refractivity contribution in [3.05, 3.63) is 100.0 Å². The summed E-state index contributed by atoms with van der Waals surface area (Å²) in [6, 6.07) is 15.2. The van der Waals surface area contributed by atoms with Gasteiger partial charge in [-0.1, -0.05) is 29.8 Å². The van der Waals surface area contributed by atoms with Crippen LogP contribution in [0.2, 0.25) is 5.02 Å². The van der Waals surface area contributed by atoms with Crippen molar-refractivity contribution in [3.63, 3.8) is 0 Å². The van der Waals surface area contributed by atoms with Gasteiger partial charge in [-0.05, 0) is 67.6 Å². The van der Waals surface area contributed by atoms with Crippen LogP contribution in [0.15, 0.2) is 65.7 Å². The quantitative estimate of drug-likeness (QED) is 0.123. The topological polar surface area (TPSA) is 93.3 Å². The predicted octanol–water partition coefficient (Wildman–Crippen LogP) is 6.74. The standard InChI is InChI=1S/C28H27ClF3N5OS/c1-15-27(28(31)32)35-16(2)36(15)23-9-6-18(19-10-22(30)21(14-38)26(12-19)39-3)11-24(23)37(34)25(13-33)17-4-7-20(29)8-5-17/h4-13,28,38H,14,33-34H2,1-3H3/b25-13-. The molecule has 1 aromatic heterocycles. The lowest BCUT2D eigenvalue weighted by molar-refractivity contribution is 0.145. The first-order chi connectivity index (χ1) is 18.6. The van der Waals surface area contributed by atoms with E-state index < -0.39 is 18.8 Å². The van der Waals surface area contributed by atoms with Crippen LogP contribution in [-0.4, -0.2) is 20.9 Å². The maximum absolute atomic E-state index is 14.9. The minimum Gasteiger partial charge on any atom is -0.403 e. The van der Waals surface area contributed by atoms with Crippen molar-refractivity contribution < 1.29 is 18.3 Å². The molecule has 0 fully saturated rings. The number of halogens is 4. The second kappa shape index (κ2) is 11.7. The van der Waals surface area contributed by atoms with Crippen molar-refractivity contribution in [1.82, 2.24) is 9.55 Å². The summed E-state index contributed by atoms with van der Waals surface area (Å²) in [6.07, 6.45) is 0.372. The lowest BCUT2D eigenvalue weighted by atomic mass is 10.0. The molecule has 1 heterocycles. The van der Waals surface area contributed by atoms with Crippen LogP contribution >= 0.6 is 23.4 Å². The number of rotatable bonds is 8. The lowest BCUT2D eigenvalue weighted by Crippen LogP contribution is -2.31. The van der Waals surface area contributed by atoms with Gasteiger partial charge in [-0.2, -0.15) is 0 Å². The highest BCUT2D eigenvalue weighted by Crippen LogP contribution is 2.38. The molecule has 0 aliphatic heterocycles. The van der Waals surface area contributed by atoms with Crippen molar-refractivity contribution in [2.24, 2.45) is 11.6 Å². The van der Waals surface area contributed by atoms with E-state index in [9.17, 15) is 18.3 Å². The normalized spacial score (nSPS) is 11.9. The number of anilines is 1. The molecule has 0 radical (unpaired) electrons. The summed E-state index contributed by atoms with van der Waals surface area (Å²) in [6.45, 7) is 2.76. The zero-order chi connectivity index (χ0) is 28.4. The third-order valence-corrected chi connectivity index (χ3v) is 7.47. The molecular weight excluding hydrogens is 547 g/mol. The molecule has 11 heteroatoms. The van der Waals surface area contributed by atoms with E-state index in [0.717, 1.165) is 0 Å². The first-order valence-corrected chi connectivity index (χ1v) is 13.4. The average Bonchev–Trinajstić information content (AvgIpc) is 3.22. The molecule has 0 amide bonds. The Hall–Kier alpha value is -3.44. The number of nitrogens with zero attached hydrogens (tertiary/aromatic N) is 3. The van der Waals surface area contributed by atoms with Gasteiger partial charge >= 0.3 is 0 Å². The third-order valence-electron chi connectivity index (χ3n) is 6.42. The van der Waals surface area contributed by atoms with E-state index in [2.05, 4.69) is 4.98 Å². The highest BCUT2D eigenvalue weighted by molar-refractivity contribution is 7.98. The Balaban J connectivity index is 1.96. The first kappa shape index (κ1) is 28.6. The Morgan fingerprint density at radius 3 is 2.38 bits per heavy atom. The summed E-state index contributed by atoms with van der Waals surface area (Å²) < 4.78 is 43.8. The minimum absolute atomic E-state index is 0.212. The monoisotopic (exact) mass is 573 g/mol. The smallest absolute Gasteiger partial charge is 0.282 e. The fourth-order valence-electron chi connectivity index (χ4n) is 4.49. The number of hydrogen-bond acceptors (Lipinski definition) is 6. The van der Waals surface area contributed by atoms with Crippen LogP contribution in [0.25, 0.3) is 22.5 Å². The predicted molar refractivity (Wildman–Crippen MR) is 151 cm³/mol. The Morgan fingerprint density at radius 1 is 1.13 bits per heavy atom. The van der Waals surface area contributed by atoms with E-state index in [1.165, 1.54) is 29.0 Å². The summed E-state index contributed by atoms with van der Waals surface area (Å²) in [7, 11) is 0. The zero-order valence-electron chi connectivity index (χ0n) is 21.4. The van der Waals surface area contributed by atoms with Gasteiger partial charge in [0.2, 0.25) is 0 Å². The number of alkyl halides is 2. The second-order valence-electron chi connectivity index (χ2n) is 8.70. The summed E-state index contributed by atoms with van der Waals surface area (Å²) >= 11 is 7.37. The molecular formula is C28H27ClF3N5OS. The van der Waals surface area contributed by atoms with Crippen LogP contribution < -0.4 is 16.6 Å². The first-order valence-electron chi connectivity index (χ1n) is 11.8. The fourth-order valence-corrected chi connectivity index (χ4v) is 5.27. The van der Waals surface area contributed by atoms with Crippen molar-refractivity contribution in [2.45, 2.75) is 31.8 Å². The average molecular weight is 574 g/mol. The second-order valence-corrected chi connectivity index (χ2v) is 9.98. The van der Waals surface area contributed by atoms with Crippen LogP contribution in [0.5, 0.6) is 0 Å². The number of hydrogen-bond donors (Lipinski definition) is 3. The van der Waals surface area contributed by atoms with Crippen LogP contribution in [0.1, 0.15) is 34.8 Å². The molecule has 0 spiro atoms. The van der Waals surface area contributed by atoms with Crippen molar-refractivity contribution in [2.75, 3.05) is 11.3 Å². The van der Waals surface area contributed by atoms with Crippen molar-refractivity contribution in [3.8, 4) is 16.8 Å². The third kappa shape index (κ3) is 5.51. The van der Waals surface area contributed by atoms with Crippen molar-refractivity contribution >= 4 is 34.7 Å². The number of aliphatic hydroxyl groups excluding tert-OH is 1. The number of benzene rings is 3. The van der Waals surface area contributed by atoms with Crippen molar-refractivity contribution in [1.29, 1.82) is 0 Å². The van der Waals surface area contributed by atoms with Gasteiger partial charge in [0.1, 0.15) is 17.3 Å². The highest BCUT2D eigenvalue weighted by Gasteiger charge is 2.24. The molecule has 204 valence electrons. The van der Waals surface area contributed by atoms with Gasteiger partial charge in [0, 0.05) is 32.9 Å². The molecule has 39 heavy (non-hydrogen) atoms. The van der Waals surface area contributed by atoms with E-state index >= 15 is 0 Å². The Labute approximate surface area is 233 Å². The molecule has 0 saturated carbocycles.